The standard InChI is InChI=1S/C9H13N3O2/c10-8(13)14-9(4-1-2-5-9)7-3-6-11-12-7/h3,6H,1-2,4-5H2,(H2,10,13)(H,11,12). The number of carbonyl (C=O) groups is 1. The molecule has 1 aliphatic carbocycles. The highest BCUT2D eigenvalue weighted by molar-refractivity contribution is 5.65. The second-order valence-corrected chi connectivity index (χ2v) is 3.58. The van der Waals surface area contributed by atoms with Crippen molar-refractivity contribution >= 4 is 6.09 Å². The van der Waals surface area contributed by atoms with Crippen molar-refractivity contribution in [3.63, 3.8) is 0 Å². The first-order chi connectivity index (χ1) is 6.73. The molecule has 1 fully saturated rings. The summed E-state index contributed by atoms with van der Waals surface area (Å²) in [5.41, 5.74) is 5.26. The number of amides is 1. The van der Waals surface area contributed by atoms with Crippen molar-refractivity contribution in [1.29, 1.82) is 0 Å². The van der Waals surface area contributed by atoms with Crippen molar-refractivity contribution in [2.24, 2.45) is 5.73 Å². The Bertz CT molecular complexity index is 315. The minimum Gasteiger partial charge on any atom is -0.436 e. The van der Waals surface area contributed by atoms with E-state index in [1.165, 1.54) is 0 Å². The summed E-state index contributed by atoms with van der Waals surface area (Å²) in [6.45, 7) is 0. The van der Waals surface area contributed by atoms with Gasteiger partial charge in [0.25, 0.3) is 0 Å². The highest BCUT2D eigenvalue weighted by Crippen LogP contribution is 2.40. The molecule has 14 heavy (non-hydrogen) atoms. The predicted octanol–water partition coefficient (Wildman–Crippen LogP) is 1.27. The van der Waals surface area contributed by atoms with E-state index in [2.05, 4.69) is 10.2 Å². The highest BCUT2D eigenvalue weighted by atomic mass is 16.6. The quantitative estimate of drug-likeness (QED) is 0.745. The van der Waals surface area contributed by atoms with Gasteiger partial charge in [0.2, 0.25) is 0 Å². The lowest BCUT2D eigenvalue weighted by molar-refractivity contribution is 0.0149. The third-order valence-corrected chi connectivity index (χ3v) is 2.67. The summed E-state index contributed by atoms with van der Waals surface area (Å²) in [4.78, 5) is 10.8. The first kappa shape index (κ1) is 9.05. The fourth-order valence-corrected chi connectivity index (χ4v) is 2.06. The molecule has 0 aliphatic heterocycles. The van der Waals surface area contributed by atoms with Gasteiger partial charge in [-0.05, 0) is 31.7 Å². The third-order valence-electron chi connectivity index (χ3n) is 2.67. The normalized spacial score (nSPS) is 19.4. The number of primary amides is 1. The molecule has 0 unspecified atom stereocenters. The first-order valence-corrected chi connectivity index (χ1v) is 4.72. The van der Waals surface area contributed by atoms with Crippen LogP contribution in [0.2, 0.25) is 0 Å². The number of hydrogen-bond donors (Lipinski definition) is 2. The molecule has 1 heterocycles. The molecule has 0 radical (unpaired) electrons. The summed E-state index contributed by atoms with van der Waals surface area (Å²) in [5.74, 6) is 0. The van der Waals surface area contributed by atoms with Gasteiger partial charge in [0.1, 0.15) is 5.69 Å². The molecule has 1 amide bonds. The molecule has 1 saturated carbocycles. The molecule has 0 spiro atoms. The average molecular weight is 195 g/mol. The van der Waals surface area contributed by atoms with Crippen LogP contribution in [0.25, 0.3) is 0 Å². The Hall–Kier alpha value is -1.52. The maximum Gasteiger partial charge on any atom is 0.405 e. The van der Waals surface area contributed by atoms with Crippen molar-refractivity contribution in [3.05, 3.63) is 18.0 Å². The van der Waals surface area contributed by atoms with Crippen LogP contribution < -0.4 is 5.73 Å². The summed E-state index contributed by atoms with van der Waals surface area (Å²) in [6, 6.07) is 1.83. The fraction of sp³-hybridized carbons (Fsp3) is 0.556. The largest absolute Gasteiger partial charge is 0.436 e. The van der Waals surface area contributed by atoms with E-state index in [1.54, 1.807) is 6.20 Å². The molecule has 0 bridgehead atoms. The van der Waals surface area contributed by atoms with E-state index in [1.807, 2.05) is 6.07 Å². The maximum absolute atomic E-state index is 10.8. The highest BCUT2D eigenvalue weighted by Gasteiger charge is 2.40. The van der Waals surface area contributed by atoms with Gasteiger partial charge in [-0.25, -0.2) is 4.79 Å². The van der Waals surface area contributed by atoms with E-state index in [0.717, 1.165) is 31.4 Å². The van der Waals surface area contributed by atoms with E-state index in [4.69, 9.17) is 10.5 Å². The molecule has 5 heteroatoms. The molecule has 0 saturated heterocycles. The van der Waals surface area contributed by atoms with Crippen LogP contribution >= 0.6 is 0 Å². The number of H-pyrrole nitrogens is 1. The molecular weight excluding hydrogens is 182 g/mol. The van der Waals surface area contributed by atoms with E-state index in [9.17, 15) is 4.79 Å². The lowest BCUT2D eigenvalue weighted by Crippen LogP contribution is -2.32. The van der Waals surface area contributed by atoms with Crippen LogP contribution in [0.4, 0.5) is 4.79 Å². The second kappa shape index (κ2) is 3.32. The van der Waals surface area contributed by atoms with E-state index >= 15 is 0 Å². The van der Waals surface area contributed by atoms with E-state index in [-0.39, 0.29) is 0 Å². The Morgan fingerprint density at radius 1 is 1.57 bits per heavy atom. The monoisotopic (exact) mass is 195 g/mol. The topological polar surface area (TPSA) is 81.0 Å². The van der Waals surface area contributed by atoms with E-state index < -0.39 is 11.7 Å². The molecule has 1 aromatic heterocycles. The van der Waals surface area contributed by atoms with Crippen LogP contribution in [0, 0.1) is 0 Å². The second-order valence-electron chi connectivity index (χ2n) is 3.58. The Kier molecular flexibility index (Phi) is 2.15. The number of carbonyl (C=O) groups excluding carboxylic acids is 1. The Balaban J connectivity index is 2.26. The molecule has 76 valence electrons. The van der Waals surface area contributed by atoms with Crippen LogP contribution in [0.1, 0.15) is 31.4 Å². The van der Waals surface area contributed by atoms with E-state index in [0.29, 0.717) is 0 Å². The first-order valence-electron chi connectivity index (χ1n) is 4.72. The molecule has 2 rings (SSSR count). The summed E-state index contributed by atoms with van der Waals surface area (Å²) in [7, 11) is 0. The number of aromatic nitrogens is 2. The van der Waals surface area contributed by atoms with Crippen LogP contribution in [-0.4, -0.2) is 16.3 Å². The zero-order chi connectivity index (χ0) is 10.0. The van der Waals surface area contributed by atoms with Gasteiger partial charge in [-0.2, -0.15) is 5.10 Å². The Labute approximate surface area is 81.6 Å². The molecule has 0 atom stereocenters. The van der Waals surface area contributed by atoms with Gasteiger partial charge in [-0.15, -0.1) is 0 Å². The number of hydrogen-bond acceptors (Lipinski definition) is 3. The number of nitrogens with one attached hydrogen (secondary N) is 1. The molecule has 1 aliphatic rings. The number of ether oxygens (including phenoxy) is 1. The average Bonchev–Trinajstić information content (AvgIpc) is 2.69. The van der Waals surface area contributed by atoms with Crippen molar-refractivity contribution in [2.45, 2.75) is 31.3 Å². The SMILES string of the molecule is NC(=O)OC1(c2cc[nH]n2)CCCC1. The van der Waals surface area contributed by atoms with Crippen LogP contribution in [0.15, 0.2) is 12.3 Å². The van der Waals surface area contributed by atoms with Crippen molar-refractivity contribution in [3.8, 4) is 0 Å². The molecule has 3 N–H and O–H groups in total. The molecule has 5 nitrogen and oxygen atoms in total. The lowest BCUT2D eigenvalue weighted by Gasteiger charge is -2.25. The van der Waals surface area contributed by atoms with Crippen molar-refractivity contribution in [1.82, 2.24) is 10.2 Å². The van der Waals surface area contributed by atoms with Crippen LogP contribution in [0.3, 0.4) is 0 Å². The molecule has 0 aromatic carbocycles. The summed E-state index contributed by atoms with van der Waals surface area (Å²) in [6.07, 6.45) is 4.69. The van der Waals surface area contributed by atoms with Gasteiger partial charge in [0.05, 0.1) is 0 Å². The smallest absolute Gasteiger partial charge is 0.405 e. The third kappa shape index (κ3) is 1.45. The van der Waals surface area contributed by atoms with Gasteiger partial charge in [-0.1, -0.05) is 0 Å². The molecule has 1 aromatic rings. The molecular formula is C9H13N3O2. The zero-order valence-corrected chi connectivity index (χ0v) is 7.82. The van der Waals surface area contributed by atoms with Gasteiger partial charge < -0.3 is 10.5 Å². The predicted molar refractivity (Wildman–Crippen MR) is 49.4 cm³/mol. The fourth-order valence-electron chi connectivity index (χ4n) is 2.06. The summed E-state index contributed by atoms with van der Waals surface area (Å²) in [5, 5.41) is 6.79. The number of aromatic amines is 1. The Morgan fingerprint density at radius 2 is 2.29 bits per heavy atom. The minimum atomic E-state index is -0.727. The Morgan fingerprint density at radius 3 is 2.79 bits per heavy atom. The van der Waals surface area contributed by atoms with Crippen molar-refractivity contribution < 1.29 is 9.53 Å². The number of nitrogens with zero attached hydrogens (tertiary/aromatic N) is 1. The van der Waals surface area contributed by atoms with Crippen LogP contribution in [0.5, 0.6) is 0 Å². The van der Waals surface area contributed by atoms with Gasteiger partial charge in [0.15, 0.2) is 5.60 Å². The number of nitrogens with two attached hydrogens (primary N) is 1. The number of rotatable bonds is 2. The maximum atomic E-state index is 10.8. The lowest BCUT2D eigenvalue weighted by atomic mass is 9.98. The summed E-state index contributed by atoms with van der Waals surface area (Å²) < 4.78 is 5.20. The van der Waals surface area contributed by atoms with Crippen LogP contribution in [-0.2, 0) is 10.3 Å². The van der Waals surface area contributed by atoms with Gasteiger partial charge in [0, 0.05) is 6.20 Å². The van der Waals surface area contributed by atoms with Gasteiger partial charge in [-0.3, -0.25) is 5.10 Å². The van der Waals surface area contributed by atoms with Crippen molar-refractivity contribution in [2.75, 3.05) is 0 Å². The minimum absolute atomic E-state index is 0.578. The summed E-state index contributed by atoms with van der Waals surface area (Å²) >= 11 is 0. The zero-order valence-electron chi connectivity index (χ0n) is 7.82. The van der Waals surface area contributed by atoms with Gasteiger partial charge >= 0.3 is 6.09 Å².